The van der Waals surface area contributed by atoms with Gasteiger partial charge in [0.05, 0.1) is 0 Å². The van der Waals surface area contributed by atoms with Crippen molar-refractivity contribution in [2.24, 2.45) is 11.8 Å². The van der Waals surface area contributed by atoms with E-state index in [1.807, 2.05) is 65.8 Å². The molecule has 0 spiro atoms. The van der Waals surface area contributed by atoms with Crippen molar-refractivity contribution in [2.45, 2.75) is 117 Å². The maximum absolute atomic E-state index is 15.4. The highest BCUT2D eigenvalue weighted by Crippen LogP contribution is 2.30. The minimum atomic E-state index is -0.941. The molecule has 64 heavy (non-hydrogen) atoms. The van der Waals surface area contributed by atoms with Crippen molar-refractivity contribution in [2.75, 3.05) is 25.0 Å². The van der Waals surface area contributed by atoms with Gasteiger partial charge in [-0.15, -0.1) is 10.2 Å². The number of tetrazole rings is 1. The highest BCUT2D eigenvalue weighted by Gasteiger charge is 2.31. The Labute approximate surface area is 373 Å². The minimum Gasteiger partial charge on any atom is -0.444 e. The third kappa shape index (κ3) is 13.3. The second kappa shape index (κ2) is 20.4. The smallest absolute Gasteiger partial charge is 0.410 e. The molecular weight excluding hydrogens is 822 g/mol. The number of amides is 5. The van der Waals surface area contributed by atoms with E-state index in [2.05, 4.69) is 41.9 Å². The van der Waals surface area contributed by atoms with Crippen molar-refractivity contribution < 1.29 is 37.8 Å². The summed E-state index contributed by atoms with van der Waals surface area (Å²) in [4.78, 5) is 67.5. The highest BCUT2D eigenvalue weighted by atomic mass is 19.1. The first-order valence-corrected chi connectivity index (χ1v) is 21.9. The van der Waals surface area contributed by atoms with E-state index in [4.69, 9.17) is 9.47 Å². The number of likely N-dealkylation sites (tertiary alicyclic amines) is 1. The number of carbonyl (C=O) groups excluding carboxylic acids is 5. The average molecular weight is 882 g/mol. The Bertz CT molecular complexity index is 2260. The fraction of sp³-hybridized carbons (Fsp3) is 0.489. The largest absolute Gasteiger partial charge is 0.444 e. The fourth-order valence-corrected chi connectivity index (χ4v) is 7.85. The molecule has 6 rings (SSSR count). The van der Waals surface area contributed by atoms with Gasteiger partial charge in [-0.3, -0.25) is 14.4 Å². The molecule has 0 radical (unpaired) electrons. The number of ether oxygens (including phenoxy) is 2. The first-order chi connectivity index (χ1) is 30.3. The third-order valence-corrected chi connectivity index (χ3v) is 11.3. The predicted molar refractivity (Wildman–Crippen MR) is 238 cm³/mol. The summed E-state index contributed by atoms with van der Waals surface area (Å²) in [6.45, 7) is 13.8. The van der Waals surface area contributed by atoms with Crippen LogP contribution >= 0.6 is 0 Å². The van der Waals surface area contributed by atoms with Gasteiger partial charge in [-0.05, 0) is 157 Å². The van der Waals surface area contributed by atoms with Crippen LogP contribution in [0.2, 0.25) is 0 Å². The lowest BCUT2D eigenvalue weighted by Crippen LogP contribution is -2.48. The molecule has 0 unspecified atom stereocenters. The van der Waals surface area contributed by atoms with Crippen LogP contribution in [-0.4, -0.2) is 98.4 Å². The molecule has 2 heterocycles. The molecule has 0 bridgehead atoms. The summed E-state index contributed by atoms with van der Waals surface area (Å²) < 4.78 is 26.3. The van der Waals surface area contributed by atoms with Crippen molar-refractivity contribution in [1.82, 2.24) is 41.5 Å². The number of alkyl carbamates (subject to hydrolysis) is 1. The summed E-state index contributed by atoms with van der Waals surface area (Å²) in [5.74, 6) is -1.27. The number of aromatic nitrogens is 4. The molecule has 5 N–H and O–H groups in total. The number of aromatic amines is 1. The minimum absolute atomic E-state index is 0.163. The maximum atomic E-state index is 15.4. The van der Waals surface area contributed by atoms with Gasteiger partial charge in [0.15, 0.2) is 0 Å². The van der Waals surface area contributed by atoms with Crippen LogP contribution < -0.4 is 21.3 Å². The van der Waals surface area contributed by atoms with Crippen LogP contribution in [0.4, 0.5) is 19.7 Å². The van der Waals surface area contributed by atoms with E-state index in [0.717, 1.165) is 18.4 Å². The molecule has 4 aromatic rings. The van der Waals surface area contributed by atoms with Gasteiger partial charge >= 0.3 is 12.2 Å². The van der Waals surface area contributed by atoms with Crippen molar-refractivity contribution in [3.8, 4) is 22.5 Å². The maximum Gasteiger partial charge on any atom is 0.410 e. The number of hydrogen-bond donors (Lipinski definition) is 5. The molecule has 1 aliphatic heterocycles. The number of nitrogens with one attached hydrogen (secondary N) is 5. The van der Waals surface area contributed by atoms with Crippen molar-refractivity contribution in [3.63, 3.8) is 0 Å². The normalized spacial score (nSPS) is 17.5. The summed E-state index contributed by atoms with van der Waals surface area (Å²) in [5.41, 5.74) is 2.52. The summed E-state index contributed by atoms with van der Waals surface area (Å²) >= 11 is 0. The van der Waals surface area contributed by atoms with Crippen LogP contribution in [0.5, 0.6) is 0 Å². The van der Waals surface area contributed by atoms with Gasteiger partial charge in [0, 0.05) is 54.8 Å². The molecule has 1 atom stereocenters. The number of anilines is 1. The van der Waals surface area contributed by atoms with E-state index in [9.17, 15) is 24.0 Å². The van der Waals surface area contributed by atoms with Gasteiger partial charge in [-0.25, -0.2) is 14.0 Å². The topological polar surface area (TPSA) is 210 Å². The number of hydrogen-bond acceptors (Lipinski definition) is 10. The molecule has 2 aliphatic rings. The van der Waals surface area contributed by atoms with Gasteiger partial charge in [-0.2, -0.15) is 5.21 Å². The van der Waals surface area contributed by atoms with E-state index in [1.54, 1.807) is 42.2 Å². The van der Waals surface area contributed by atoms with Crippen molar-refractivity contribution in [1.29, 1.82) is 0 Å². The zero-order valence-corrected chi connectivity index (χ0v) is 37.7. The van der Waals surface area contributed by atoms with E-state index in [0.29, 0.717) is 79.1 Å². The van der Waals surface area contributed by atoms with Gasteiger partial charge in [0.2, 0.25) is 17.6 Å². The zero-order chi connectivity index (χ0) is 46.2. The van der Waals surface area contributed by atoms with Gasteiger partial charge < -0.3 is 35.6 Å². The lowest BCUT2D eigenvalue weighted by atomic mass is 9.81. The molecule has 3 aromatic carbocycles. The number of benzene rings is 3. The van der Waals surface area contributed by atoms with Gasteiger partial charge in [0.1, 0.15) is 23.1 Å². The molecule has 1 aromatic heterocycles. The van der Waals surface area contributed by atoms with Gasteiger partial charge in [-0.1, -0.05) is 24.3 Å². The van der Waals surface area contributed by atoms with Crippen LogP contribution in [0.25, 0.3) is 22.5 Å². The standard InChI is InChI=1S/C47H60FN9O7/c1-28-37(25-34(26-38(28)48)42(59)50-36-20-22-57(23-21-36)45(62)64-47(5,6)7)31-12-8-29(9-13-31)24-39(43(60)51-35-18-16-32(17-19-35)40-53-55-56-54-40)52-41(58)33-14-10-30(11-15-33)27-49-44(61)63-46(2,3)4/h8-9,12-13,16-19,25-26,30,33,36,39H,10-11,14-15,20-24,27H2,1-7H3,(H,49,61)(H,50,59)(H,51,60)(H,52,58)(H,53,54,55,56)/t30-,33-,39-/m0/s1. The monoisotopic (exact) mass is 881 g/mol. The van der Waals surface area contributed by atoms with Gasteiger partial charge in [0.25, 0.3) is 5.91 Å². The molecule has 1 aliphatic carbocycles. The molecule has 1 saturated carbocycles. The molecule has 2 fully saturated rings. The molecule has 16 nitrogen and oxygen atoms in total. The fourth-order valence-electron chi connectivity index (χ4n) is 7.85. The Morgan fingerprint density at radius 2 is 1.48 bits per heavy atom. The number of H-pyrrole nitrogens is 1. The lowest BCUT2D eigenvalue weighted by Gasteiger charge is -2.33. The average Bonchev–Trinajstić information content (AvgIpc) is 3.79. The Balaban J connectivity index is 1.11. The van der Waals surface area contributed by atoms with E-state index < -0.39 is 41.0 Å². The molecular formula is C47H60FN9O7. The number of piperidine rings is 1. The molecule has 342 valence electrons. The van der Waals surface area contributed by atoms with Crippen LogP contribution in [0.1, 0.15) is 102 Å². The van der Waals surface area contributed by atoms with Crippen LogP contribution in [0.15, 0.2) is 60.7 Å². The Morgan fingerprint density at radius 3 is 2.09 bits per heavy atom. The summed E-state index contributed by atoms with van der Waals surface area (Å²) in [5, 5.41) is 25.8. The van der Waals surface area contributed by atoms with Crippen LogP contribution in [0.3, 0.4) is 0 Å². The summed E-state index contributed by atoms with van der Waals surface area (Å²) in [7, 11) is 0. The van der Waals surface area contributed by atoms with Crippen molar-refractivity contribution in [3.05, 3.63) is 83.2 Å². The first kappa shape index (κ1) is 47.1. The second-order valence-electron chi connectivity index (χ2n) is 18.7. The summed E-state index contributed by atoms with van der Waals surface area (Å²) in [6.07, 6.45) is 3.06. The zero-order valence-electron chi connectivity index (χ0n) is 37.7. The van der Waals surface area contributed by atoms with E-state index in [1.165, 1.54) is 6.07 Å². The number of rotatable bonds is 12. The first-order valence-electron chi connectivity index (χ1n) is 21.9. The SMILES string of the molecule is Cc1c(F)cc(C(=O)NC2CCN(C(=O)OC(C)(C)C)CC2)cc1-c1ccc(C[C@H](NC(=O)[C@H]2CC[C@H](CNC(=O)OC(C)(C)C)CC2)C(=O)Nc2ccc(-c3nn[nH]n3)cc2)cc1. The number of nitrogens with zero attached hydrogens (tertiary/aromatic N) is 4. The Kier molecular flexibility index (Phi) is 15.0. The lowest BCUT2D eigenvalue weighted by molar-refractivity contribution is -0.130. The number of carbonyl (C=O) groups is 5. The molecule has 1 saturated heterocycles. The van der Waals surface area contributed by atoms with Crippen molar-refractivity contribution >= 4 is 35.6 Å². The Hall–Kier alpha value is -6.39. The van der Waals surface area contributed by atoms with Crippen LogP contribution in [0, 0.1) is 24.6 Å². The molecule has 17 heteroatoms. The highest BCUT2D eigenvalue weighted by molar-refractivity contribution is 5.98. The summed E-state index contributed by atoms with van der Waals surface area (Å²) in [6, 6.07) is 16.0. The quantitative estimate of drug-likeness (QED) is 0.0974. The van der Waals surface area contributed by atoms with E-state index in [-0.39, 0.29) is 41.9 Å². The van der Waals surface area contributed by atoms with Crippen LogP contribution in [-0.2, 0) is 25.5 Å². The third-order valence-electron chi connectivity index (χ3n) is 11.3. The predicted octanol–water partition coefficient (Wildman–Crippen LogP) is 7.11. The molecule has 5 amide bonds. The Morgan fingerprint density at radius 1 is 0.844 bits per heavy atom. The number of halogens is 1. The van der Waals surface area contributed by atoms with E-state index >= 15 is 4.39 Å². The second-order valence-corrected chi connectivity index (χ2v) is 18.7.